The maximum Gasteiger partial charge on any atom is 0.247 e. The van der Waals surface area contributed by atoms with Crippen LogP contribution in [0.15, 0.2) is 60.9 Å². The highest BCUT2D eigenvalue weighted by Crippen LogP contribution is 2.37. The maximum atomic E-state index is 13.7. The van der Waals surface area contributed by atoms with E-state index in [9.17, 15) is 4.79 Å². The highest BCUT2D eigenvalue weighted by molar-refractivity contribution is 6.32. The molecular formula is C27H26Cl2N8O2. The van der Waals surface area contributed by atoms with Crippen LogP contribution in [-0.2, 0) is 9.53 Å². The third-order valence-electron chi connectivity index (χ3n) is 7.16. The number of morpholine rings is 1. The molecule has 2 aliphatic rings. The topological polar surface area (TPSA) is 105 Å². The average molecular weight is 565 g/mol. The number of H-pyrrole nitrogens is 1. The highest BCUT2D eigenvalue weighted by Gasteiger charge is 2.40. The number of nitrogens with zero attached hydrogens (tertiary/aromatic N) is 7. The van der Waals surface area contributed by atoms with Gasteiger partial charge in [0.15, 0.2) is 0 Å². The lowest BCUT2D eigenvalue weighted by Crippen LogP contribution is -2.45. The van der Waals surface area contributed by atoms with Gasteiger partial charge in [-0.2, -0.15) is 4.68 Å². The molecule has 2 aliphatic heterocycles. The first-order valence-corrected chi connectivity index (χ1v) is 13.5. The Morgan fingerprint density at radius 1 is 1.10 bits per heavy atom. The summed E-state index contributed by atoms with van der Waals surface area (Å²) >= 11 is 12.9. The molecule has 0 saturated carbocycles. The van der Waals surface area contributed by atoms with Gasteiger partial charge in [-0.05, 0) is 41.1 Å². The van der Waals surface area contributed by atoms with E-state index in [4.69, 9.17) is 32.9 Å². The van der Waals surface area contributed by atoms with Crippen LogP contribution in [0.2, 0.25) is 10.2 Å². The third-order valence-corrected chi connectivity index (χ3v) is 7.66. The summed E-state index contributed by atoms with van der Waals surface area (Å²) in [5, 5.41) is 12.4. The van der Waals surface area contributed by atoms with Gasteiger partial charge in [0.2, 0.25) is 5.91 Å². The van der Waals surface area contributed by atoms with Crippen LogP contribution in [0.25, 0.3) is 23.0 Å². The van der Waals surface area contributed by atoms with Crippen LogP contribution in [0.1, 0.15) is 23.9 Å². The second-order valence-corrected chi connectivity index (χ2v) is 10.3. The molecular weight excluding hydrogens is 539 g/mol. The monoisotopic (exact) mass is 564 g/mol. The van der Waals surface area contributed by atoms with Crippen molar-refractivity contribution >= 4 is 35.2 Å². The van der Waals surface area contributed by atoms with Crippen LogP contribution in [-0.4, -0.2) is 84.8 Å². The molecule has 2 aromatic carbocycles. The molecule has 0 aliphatic carbocycles. The number of amides is 1. The SMILES string of the molecule is O=C(C=Cc1cc(Cl)ccc1-n1cnnn1)N1C[C@@H](N2CCOCC2)C[C@H]1c1nc(-c2ccccc2)c(Cl)[nH]1. The summed E-state index contributed by atoms with van der Waals surface area (Å²) < 4.78 is 7.09. The third kappa shape index (κ3) is 5.46. The van der Waals surface area contributed by atoms with Gasteiger partial charge >= 0.3 is 0 Å². The van der Waals surface area contributed by atoms with E-state index in [-0.39, 0.29) is 18.0 Å². The summed E-state index contributed by atoms with van der Waals surface area (Å²) in [4.78, 5) is 26.1. The van der Waals surface area contributed by atoms with Crippen molar-refractivity contribution in [3.05, 3.63) is 82.5 Å². The number of carbonyl (C=O) groups excluding carboxylic acids is 1. The summed E-state index contributed by atoms with van der Waals surface area (Å²) in [5.41, 5.74) is 3.02. The number of benzene rings is 2. The molecule has 1 amide bonds. The molecule has 10 nitrogen and oxygen atoms in total. The summed E-state index contributed by atoms with van der Waals surface area (Å²) in [6.45, 7) is 3.62. The summed E-state index contributed by atoms with van der Waals surface area (Å²) in [6, 6.07) is 15.1. The molecule has 200 valence electrons. The van der Waals surface area contributed by atoms with Gasteiger partial charge in [-0.15, -0.1) is 5.10 Å². The number of aromatic nitrogens is 6. The number of carbonyl (C=O) groups is 1. The first-order chi connectivity index (χ1) is 19.1. The van der Waals surface area contributed by atoms with Gasteiger partial charge in [-0.25, -0.2) is 4.98 Å². The molecule has 12 heteroatoms. The fourth-order valence-corrected chi connectivity index (χ4v) is 5.66. The summed E-state index contributed by atoms with van der Waals surface area (Å²) in [7, 11) is 0. The zero-order valence-corrected chi connectivity index (χ0v) is 22.5. The number of ether oxygens (including phenoxy) is 1. The van der Waals surface area contributed by atoms with Gasteiger partial charge in [0.25, 0.3) is 0 Å². The molecule has 1 N–H and O–H groups in total. The van der Waals surface area contributed by atoms with Crippen LogP contribution in [0.5, 0.6) is 0 Å². The van der Waals surface area contributed by atoms with E-state index in [1.807, 2.05) is 41.3 Å². The molecule has 4 aromatic rings. The predicted octanol–water partition coefficient (Wildman–Crippen LogP) is 4.05. The van der Waals surface area contributed by atoms with Crippen molar-refractivity contribution < 1.29 is 9.53 Å². The van der Waals surface area contributed by atoms with Gasteiger partial charge in [-0.1, -0.05) is 53.5 Å². The Morgan fingerprint density at radius 3 is 2.69 bits per heavy atom. The van der Waals surface area contributed by atoms with E-state index < -0.39 is 0 Å². The molecule has 2 aromatic heterocycles. The largest absolute Gasteiger partial charge is 0.379 e. The number of hydrogen-bond acceptors (Lipinski definition) is 7. The number of rotatable bonds is 6. The Labute approximate surface area is 235 Å². The second-order valence-electron chi connectivity index (χ2n) is 9.49. The minimum atomic E-state index is -0.261. The van der Waals surface area contributed by atoms with Crippen molar-refractivity contribution in [2.75, 3.05) is 32.8 Å². The summed E-state index contributed by atoms with van der Waals surface area (Å²) in [5.74, 6) is 0.542. The fourth-order valence-electron chi connectivity index (χ4n) is 5.23. The molecule has 6 rings (SSSR count). The number of tetrazole rings is 1. The van der Waals surface area contributed by atoms with Crippen LogP contribution >= 0.6 is 23.2 Å². The highest BCUT2D eigenvalue weighted by atomic mass is 35.5. The van der Waals surface area contributed by atoms with Gasteiger partial charge in [-0.3, -0.25) is 9.69 Å². The molecule has 39 heavy (non-hydrogen) atoms. The normalized spacial score (nSPS) is 20.2. The maximum absolute atomic E-state index is 13.7. The van der Waals surface area contributed by atoms with Crippen molar-refractivity contribution in [3.8, 4) is 16.9 Å². The van der Waals surface area contributed by atoms with Gasteiger partial charge in [0.1, 0.15) is 23.0 Å². The van der Waals surface area contributed by atoms with Crippen LogP contribution < -0.4 is 0 Å². The Balaban J connectivity index is 1.30. The number of aromatic amines is 1. The average Bonchev–Trinajstić information content (AvgIpc) is 3.73. The molecule has 0 bridgehead atoms. The second kappa shape index (κ2) is 11.3. The van der Waals surface area contributed by atoms with E-state index in [0.717, 1.165) is 30.6 Å². The molecule has 2 saturated heterocycles. The van der Waals surface area contributed by atoms with Crippen molar-refractivity contribution in [1.82, 2.24) is 40.0 Å². The first-order valence-electron chi connectivity index (χ1n) is 12.7. The zero-order valence-electron chi connectivity index (χ0n) is 21.0. The van der Waals surface area contributed by atoms with E-state index >= 15 is 0 Å². The first kappa shape index (κ1) is 25.7. The Hall–Kier alpha value is -3.57. The van der Waals surface area contributed by atoms with Crippen LogP contribution in [0.3, 0.4) is 0 Å². The minimum Gasteiger partial charge on any atom is -0.379 e. The van der Waals surface area contributed by atoms with Gasteiger partial charge in [0.05, 0.1) is 24.9 Å². The summed E-state index contributed by atoms with van der Waals surface area (Å²) in [6.07, 6.45) is 5.55. The molecule has 0 unspecified atom stereocenters. The lowest BCUT2D eigenvalue weighted by atomic mass is 10.1. The standard InChI is InChI=1S/C27H26Cl2N8O2/c28-20-7-8-22(37-17-30-33-34-37)19(14-20)6-9-24(38)36-16-21(35-10-12-39-13-11-35)15-23(36)27-31-25(26(29)32-27)18-4-2-1-3-5-18/h1-9,14,17,21,23H,10-13,15-16H2,(H,31,32)/t21-,23-/m0/s1. The molecule has 4 heterocycles. The smallest absolute Gasteiger partial charge is 0.247 e. The van der Waals surface area contributed by atoms with Crippen molar-refractivity contribution in [2.45, 2.75) is 18.5 Å². The molecule has 0 spiro atoms. The van der Waals surface area contributed by atoms with Gasteiger partial charge < -0.3 is 14.6 Å². The van der Waals surface area contributed by atoms with Crippen molar-refractivity contribution in [3.63, 3.8) is 0 Å². The van der Waals surface area contributed by atoms with E-state index in [1.54, 1.807) is 24.3 Å². The molecule has 2 fully saturated rings. The fraction of sp³-hybridized carbons (Fsp3) is 0.296. The Morgan fingerprint density at radius 2 is 1.92 bits per heavy atom. The molecule has 2 atom stereocenters. The quantitative estimate of drug-likeness (QED) is 0.352. The van der Waals surface area contributed by atoms with Crippen molar-refractivity contribution in [1.29, 1.82) is 0 Å². The molecule has 0 radical (unpaired) electrons. The van der Waals surface area contributed by atoms with E-state index in [0.29, 0.717) is 47.1 Å². The van der Waals surface area contributed by atoms with E-state index in [2.05, 4.69) is 25.4 Å². The zero-order chi connectivity index (χ0) is 26.8. The number of likely N-dealkylation sites (tertiary alicyclic amines) is 1. The number of nitrogens with one attached hydrogen (secondary N) is 1. The Bertz CT molecular complexity index is 1470. The van der Waals surface area contributed by atoms with E-state index in [1.165, 1.54) is 11.0 Å². The lowest BCUT2D eigenvalue weighted by Gasteiger charge is -2.31. The van der Waals surface area contributed by atoms with Crippen LogP contribution in [0.4, 0.5) is 0 Å². The lowest BCUT2D eigenvalue weighted by molar-refractivity contribution is -0.127. The van der Waals surface area contributed by atoms with Gasteiger partial charge in [0, 0.05) is 47.9 Å². The number of hydrogen-bond donors (Lipinski definition) is 1. The van der Waals surface area contributed by atoms with Crippen molar-refractivity contribution in [2.24, 2.45) is 0 Å². The number of halogens is 2. The van der Waals surface area contributed by atoms with Crippen LogP contribution in [0, 0.1) is 0 Å². The number of imidazole rings is 1. The predicted molar refractivity (Wildman–Crippen MR) is 147 cm³/mol. The minimum absolute atomic E-state index is 0.132. The Kier molecular flexibility index (Phi) is 7.43.